The van der Waals surface area contributed by atoms with E-state index in [1.54, 1.807) is 5.06 Å². The lowest BCUT2D eigenvalue weighted by Gasteiger charge is -2.43. The summed E-state index contributed by atoms with van der Waals surface area (Å²) in [5.74, 6) is 8.24. The number of terminal acetylenes is 1. The second kappa shape index (κ2) is 5.83. The molecule has 1 aliphatic heterocycles. The minimum atomic E-state index is -0.389. The van der Waals surface area contributed by atoms with Gasteiger partial charge in [0, 0.05) is 5.57 Å². The Balaban J connectivity index is 3.56. The summed E-state index contributed by atoms with van der Waals surface area (Å²) in [6.45, 7) is 10.5. The highest BCUT2D eigenvalue weighted by atomic mass is 16.5. The van der Waals surface area contributed by atoms with E-state index in [2.05, 4.69) is 52.4 Å². The molecule has 0 aromatic heterocycles. The van der Waals surface area contributed by atoms with Gasteiger partial charge in [-0.05, 0) is 50.0 Å². The van der Waals surface area contributed by atoms with Crippen LogP contribution in [0.5, 0.6) is 0 Å². The van der Waals surface area contributed by atoms with Crippen molar-refractivity contribution in [2.24, 2.45) is 0 Å². The smallest absolute Gasteiger partial charge is 0.0791 e. The topological polar surface area (TPSA) is 23.5 Å². The fourth-order valence-electron chi connectivity index (χ4n) is 3.55. The van der Waals surface area contributed by atoms with Gasteiger partial charge < -0.3 is 5.21 Å². The number of hydrogen-bond donors (Lipinski definition) is 1. The molecule has 104 valence electrons. The fraction of sp³-hybridized carbons (Fsp3) is 0.647. The average Bonchev–Trinajstić information content (AvgIpc) is 2.62. The molecule has 0 spiro atoms. The summed E-state index contributed by atoms with van der Waals surface area (Å²) < 4.78 is 0. The van der Waals surface area contributed by atoms with Gasteiger partial charge in [-0.25, -0.2) is 0 Å². The molecule has 0 bridgehead atoms. The molecular formula is C17H25NO. The van der Waals surface area contributed by atoms with E-state index < -0.39 is 0 Å². The highest BCUT2D eigenvalue weighted by molar-refractivity contribution is 5.52. The van der Waals surface area contributed by atoms with Gasteiger partial charge in [0.2, 0.25) is 0 Å². The van der Waals surface area contributed by atoms with Gasteiger partial charge in [-0.1, -0.05) is 33.6 Å². The third kappa shape index (κ3) is 2.00. The molecule has 0 aromatic rings. The van der Waals surface area contributed by atoms with Crippen LogP contribution in [0.3, 0.4) is 0 Å². The van der Waals surface area contributed by atoms with Gasteiger partial charge in [0.1, 0.15) is 0 Å². The molecule has 2 nitrogen and oxygen atoms in total. The van der Waals surface area contributed by atoms with E-state index in [4.69, 9.17) is 6.42 Å². The van der Waals surface area contributed by atoms with Crippen molar-refractivity contribution in [1.82, 2.24) is 5.06 Å². The molecule has 0 saturated carbocycles. The van der Waals surface area contributed by atoms with Crippen LogP contribution in [-0.2, 0) is 0 Å². The lowest BCUT2D eigenvalue weighted by Crippen LogP contribution is -2.53. The predicted octanol–water partition coefficient (Wildman–Crippen LogP) is 3.76. The van der Waals surface area contributed by atoms with E-state index in [-0.39, 0.29) is 11.1 Å². The van der Waals surface area contributed by atoms with Crippen molar-refractivity contribution in [3.8, 4) is 24.2 Å². The summed E-state index contributed by atoms with van der Waals surface area (Å²) in [6, 6.07) is 0. The van der Waals surface area contributed by atoms with Crippen molar-refractivity contribution in [3.63, 3.8) is 0 Å². The van der Waals surface area contributed by atoms with Crippen LogP contribution in [0.25, 0.3) is 0 Å². The predicted molar refractivity (Wildman–Crippen MR) is 79.6 cm³/mol. The summed E-state index contributed by atoms with van der Waals surface area (Å²) in [4.78, 5) is 0. The molecule has 0 unspecified atom stereocenters. The van der Waals surface area contributed by atoms with Crippen molar-refractivity contribution in [3.05, 3.63) is 11.1 Å². The Labute approximate surface area is 117 Å². The normalized spacial score (nSPS) is 20.9. The standard InChI is InChI=1S/C17H25NO/c1-7-12-13-15-14(6)16(8-2,9-3)18(19)17(15,10-4)11-5/h1,19H,8-11H2,2-6H3. The highest BCUT2D eigenvalue weighted by Gasteiger charge is 2.54. The summed E-state index contributed by atoms with van der Waals surface area (Å²) in [7, 11) is 0. The van der Waals surface area contributed by atoms with E-state index >= 15 is 0 Å². The van der Waals surface area contributed by atoms with Crippen molar-refractivity contribution >= 4 is 0 Å². The van der Waals surface area contributed by atoms with E-state index in [1.165, 1.54) is 5.57 Å². The molecule has 0 aromatic carbocycles. The number of nitrogens with zero attached hydrogens (tertiary/aromatic N) is 1. The van der Waals surface area contributed by atoms with Crippen molar-refractivity contribution in [2.75, 3.05) is 0 Å². The largest absolute Gasteiger partial charge is 0.312 e. The van der Waals surface area contributed by atoms with Crippen molar-refractivity contribution in [2.45, 2.75) is 71.4 Å². The van der Waals surface area contributed by atoms with Crippen LogP contribution < -0.4 is 0 Å². The van der Waals surface area contributed by atoms with E-state index in [0.29, 0.717) is 0 Å². The molecule has 1 aliphatic rings. The maximum absolute atomic E-state index is 10.9. The first kappa shape index (κ1) is 15.8. The Morgan fingerprint density at radius 3 is 1.89 bits per heavy atom. The third-order valence-corrected chi connectivity index (χ3v) is 4.95. The Morgan fingerprint density at radius 1 is 1.05 bits per heavy atom. The van der Waals surface area contributed by atoms with Crippen LogP contribution in [-0.4, -0.2) is 21.3 Å². The quantitative estimate of drug-likeness (QED) is 0.777. The minimum absolute atomic E-state index is 0.301. The second-order valence-electron chi connectivity index (χ2n) is 5.18. The molecule has 0 fully saturated rings. The SMILES string of the molecule is C#CC#CC1=C(C)C(CC)(CC)N(O)C1(CC)CC. The summed E-state index contributed by atoms with van der Waals surface area (Å²) >= 11 is 0. The van der Waals surface area contributed by atoms with Gasteiger partial charge in [-0.2, -0.15) is 5.06 Å². The van der Waals surface area contributed by atoms with Gasteiger partial charge in [0.15, 0.2) is 0 Å². The molecule has 1 heterocycles. The molecule has 2 heteroatoms. The van der Waals surface area contributed by atoms with E-state index in [9.17, 15) is 5.21 Å². The summed E-state index contributed by atoms with van der Waals surface area (Å²) in [6.07, 6.45) is 8.66. The molecule has 0 saturated heterocycles. The first-order valence-corrected chi connectivity index (χ1v) is 7.18. The summed E-state index contributed by atoms with van der Waals surface area (Å²) in [5, 5.41) is 12.4. The molecule has 0 radical (unpaired) electrons. The maximum Gasteiger partial charge on any atom is 0.0791 e. The third-order valence-electron chi connectivity index (χ3n) is 4.95. The Kier molecular flexibility index (Phi) is 4.86. The lowest BCUT2D eigenvalue weighted by atomic mass is 9.83. The van der Waals surface area contributed by atoms with Crippen molar-refractivity contribution < 1.29 is 5.21 Å². The molecule has 1 N–H and O–H groups in total. The second-order valence-corrected chi connectivity index (χ2v) is 5.18. The van der Waals surface area contributed by atoms with Crippen LogP contribution in [0.1, 0.15) is 60.3 Å². The Hall–Kier alpha value is -1.22. The number of hydrogen-bond acceptors (Lipinski definition) is 2. The van der Waals surface area contributed by atoms with Crippen LogP contribution in [0.15, 0.2) is 11.1 Å². The van der Waals surface area contributed by atoms with E-state index in [0.717, 1.165) is 31.3 Å². The van der Waals surface area contributed by atoms with Crippen molar-refractivity contribution in [1.29, 1.82) is 0 Å². The monoisotopic (exact) mass is 259 g/mol. The minimum Gasteiger partial charge on any atom is -0.312 e. The molecule has 0 aliphatic carbocycles. The zero-order valence-electron chi connectivity index (χ0n) is 12.8. The fourth-order valence-corrected chi connectivity index (χ4v) is 3.55. The Morgan fingerprint density at radius 2 is 1.53 bits per heavy atom. The van der Waals surface area contributed by atoms with Gasteiger partial charge in [0.25, 0.3) is 0 Å². The van der Waals surface area contributed by atoms with Gasteiger partial charge in [-0.15, -0.1) is 6.42 Å². The first-order valence-electron chi connectivity index (χ1n) is 7.18. The Bertz CT molecular complexity index is 462. The molecule has 19 heavy (non-hydrogen) atoms. The molecule has 1 rings (SSSR count). The highest BCUT2D eigenvalue weighted by Crippen LogP contribution is 2.50. The first-order chi connectivity index (χ1) is 9.00. The zero-order chi connectivity index (χ0) is 14.7. The lowest BCUT2D eigenvalue weighted by molar-refractivity contribution is -0.210. The molecular weight excluding hydrogens is 234 g/mol. The van der Waals surface area contributed by atoms with Gasteiger partial charge in [0.05, 0.1) is 11.1 Å². The van der Waals surface area contributed by atoms with Crippen LogP contribution >= 0.6 is 0 Å². The maximum atomic E-state index is 10.9. The van der Waals surface area contributed by atoms with Gasteiger partial charge >= 0.3 is 0 Å². The number of rotatable bonds is 4. The van der Waals surface area contributed by atoms with Crippen LogP contribution in [0.4, 0.5) is 0 Å². The van der Waals surface area contributed by atoms with Gasteiger partial charge in [-0.3, -0.25) is 0 Å². The van der Waals surface area contributed by atoms with Crippen LogP contribution in [0, 0.1) is 24.2 Å². The number of hydroxylamine groups is 2. The van der Waals surface area contributed by atoms with E-state index in [1.807, 2.05) is 0 Å². The zero-order valence-corrected chi connectivity index (χ0v) is 12.8. The molecule has 0 amide bonds. The average molecular weight is 259 g/mol. The van der Waals surface area contributed by atoms with Crippen LogP contribution in [0.2, 0.25) is 0 Å². The molecule has 0 atom stereocenters. The summed E-state index contributed by atoms with van der Waals surface area (Å²) in [5.41, 5.74) is 1.50.